The van der Waals surface area contributed by atoms with E-state index < -0.39 is 6.10 Å². The molecule has 0 radical (unpaired) electrons. The lowest BCUT2D eigenvalue weighted by molar-refractivity contribution is 0.104. The van der Waals surface area contributed by atoms with Crippen molar-refractivity contribution in [2.24, 2.45) is 0 Å². The molecule has 186 valence electrons. The van der Waals surface area contributed by atoms with Gasteiger partial charge in [0, 0.05) is 55.3 Å². The van der Waals surface area contributed by atoms with E-state index in [0.29, 0.717) is 43.2 Å². The maximum absolute atomic E-state index is 14.3. The molecule has 2 aromatic carbocycles. The van der Waals surface area contributed by atoms with E-state index in [-0.39, 0.29) is 5.82 Å². The molecule has 1 N–H and O–H groups in total. The average molecular weight is 497 g/mol. The number of aromatic nitrogens is 2. The van der Waals surface area contributed by atoms with Crippen LogP contribution in [0.2, 0.25) is 5.02 Å². The molecule has 2 heterocycles. The van der Waals surface area contributed by atoms with Crippen molar-refractivity contribution in [3.05, 3.63) is 94.5 Å². The average Bonchev–Trinajstić information content (AvgIpc) is 3.21. The summed E-state index contributed by atoms with van der Waals surface area (Å²) < 4.78 is 16.3. The number of likely N-dealkylation sites (N-methyl/N-ethyl adjacent to an activating group) is 1. The molecule has 1 unspecified atom stereocenters. The number of hydrogen-bond acceptors (Lipinski definition) is 4. The third-order valence-corrected chi connectivity index (χ3v) is 6.89. The van der Waals surface area contributed by atoms with Gasteiger partial charge in [0.1, 0.15) is 5.82 Å². The number of allylic oxidation sites excluding steroid dienone is 1. The second-order valence-electron chi connectivity index (χ2n) is 9.16. The van der Waals surface area contributed by atoms with Gasteiger partial charge in [-0.2, -0.15) is 5.10 Å². The summed E-state index contributed by atoms with van der Waals surface area (Å²) >= 11 is 6.13. The predicted molar refractivity (Wildman–Crippen MR) is 139 cm³/mol. The van der Waals surface area contributed by atoms with Crippen molar-refractivity contribution in [2.45, 2.75) is 51.9 Å². The first-order chi connectivity index (χ1) is 17.0. The lowest BCUT2D eigenvalue weighted by Gasteiger charge is -2.29. The quantitative estimate of drug-likeness (QED) is 0.362. The van der Waals surface area contributed by atoms with Crippen LogP contribution in [-0.2, 0) is 26.1 Å². The molecule has 0 saturated carbocycles. The van der Waals surface area contributed by atoms with Crippen molar-refractivity contribution in [2.75, 3.05) is 19.6 Å². The van der Waals surface area contributed by atoms with E-state index in [9.17, 15) is 9.50 Å². The van der Waals surface area contributed by atoms with Crippen LogP contribution in [0.15, 0.2) is 61.2 Å². The van der Waals surface area contributed by atoms with Gasteiger partial charge < -0.3 is 5.11 Å². The summed E-state index contributed by atoms with van der Waals surface area (Å²) in [6.45, 7) is 10.0. The molecule has 0 bridgehead atoms. The first-order valence-electron chi connectivity index (χ1n) is 12.3. The van der Waals surface area contributed by atoms with Crippen LogP contribution >= 0.6 is 11.6 Å². The number of halogens is 2. The summed E-state index contributed by atoms with van der Waals surface area (Å²) in [6.07, 6.45) is 3.76. The van der Waals surface area contributed by atoms with Gasteiger partial charge in [-0.1, -0.05) is 42.8 Å². The summed E-state index contributed by atoms with van der Waals surface area (Å²) in [5.41, 5.74) is 5.08. The monoisotopic (exact) mass is 496 g/mol. The number of aliphatic hydroxyl groups is 1. The van der Waals surface area contributed by atoms with Crippen molar-refractivity contribution in [1.82, 2.24) is 19.6 Å². The van der Waals surface area contributed by atoms with Gasteiger partial charge in [-0.25, -0.2) is 9.07 Å². The molecule has 1 aliphatic heterocycles. The van der Waals surface area contributed by atoms with E-state index in [4.69, 9.17) is 16.7 Å². The number of nitrogens with zero attached hydrogens (tertiary/aromatic N) is 4. The van der Waals surface area contributed by atoms with Gasteiger partial charge in [0.15, 0.2) is 0 Å². The molecule has 1 aliphatic rings. The molecular formula is C28H34ClFN4O. The second kappa shape index (κ2) is 12.0. The van der Waals surface area contributed by atoms with Crippen LogP contribution in [0.4, 0.5) is 4.39 Å². The molecule has 0 amide bonds. The molecule has 0 spiro atoms. The SMILES string of the molecule is C=CCCC(O)CN(CC)Cc1nn(-c2ccc(Cl)cc2)c2c1CN(Cc1ccccc1F)CC2. The number of rotatable bonds is 11. The van der Waals surface area contributed by atoms with Crippen LogP contribution in [0.1, 0.15) is 42.3 Å². The smallest absolute Gasteiger partial charge is 0.127 e. The van der Waals surface area contributed by atoms with E-state index in [1.165, 1.54) is 17.3 Å². The van der Waals surface area contributed by atoms with Gasteiger partial charge in [0.25, 0.3) is 0 Å². The normalized spacial score (nSPS) is 14.8. The van der Waals surface area contributed by atoms with Crippen LogP contribution in [0.5, 0.6) is 0 Å². The third-order valence-electron chi connectivity index (χ3n) is 6.64. The zero-order valence-electron chi connectivity index (χ0n) is 20.3. The third kappa shape index (κ3) is 6.39. The van der Waals surface area contributed by atoms with Gasteiger partial charge in [0.2, 0.25) is 0 Å². The van der Waals surface area contributed by atoms with Gasteiger partial charge in [-0.15, -0.1) is 6.58 Å². The Morgan fingerprint density at radius 3 is 2.71 bits per heavy atom. The van der Waals surface area contributed by atoms with Gasteiger partial charge in [0.05, 0.1) is 23.2 Å². The highest BCUT2D eigenvalue weighted by atomic mass is 35.5. The standard InChI is InChI=1S/C28H34ClFN4O/c1-3-5-9-24(35)18-32(4-2)20-27-25-19-33(17-21-8-6-7-10-26(21)30)16-15-28(25)34(31-27)23-13-11-22(29)12-14-23/h3,6-8,10-14,24,35H,1,4-5,9,15-20H2,2H3. The molecule has 4 rings (SSSR count). The zero-order chi connectivity index (χ0) is 24.8. The summed E-state index contributed by atoms with van der Waals surface area (Å²) in [6, 6.07) is 14.7. The molecule has 1 aromatic heterocycles. The lowest BCUT2D eigenvalue weighted by atomic mass is 10.0. The second-order valence-corrected chi connectivity index (χ2v) is 9.60. The largest absolute Gasteiger partial charge is 0.392 e. The highest BCUT2D eigenvalue weighted by Gasteiger charge is 2.27. The Morgan fingerprint density at radius 1 is 1.23 bits per heavy atom. The zero-order valence-corrected chi connectivity index (χ0v) is 21.1. The van der Waals surface area contributed by atoms with Crippen LogP contribution in [0, 0.1) is 5.82 Å². The van der Waals surface area contributed by atoms with Crippen LogP contribution in [0.3, 0.4) is 0 Å². The Hall–Kier alpha value is -2.51. The van der Waals surface area contributed by atoms with Crippen LogP contribution in [-0.4, -0.2) is 50.4 Å². The molecular weight excluding hydrogens is 463 g/mol. The Morgan fingerprint density at radius 2 is 2.00 bits per heavy atom. The van der Waals surface area contributed by atoms with E-state index >= 15 is 0 Å². The Balaban J connectivity index is 1.61. The van der Waals surface area contributed by atoms with Crippen molar-refractivity contribution < 1.29 is 9.50 Å². The van der Waals surface area contributed by atoms with E-state index in [2.05, 4.69) is 23.3 Å². The van der Waals surface area contributed by atoms with E-state index in [0.717, 1.165) is 37.3 Å². The first-order valence-corrected chi connectivity index (χ1v) is 12.7. The first kappa shape index (κ1) is 25.6. The van der Waals surface area contributed by atoms with Crippen molar-refractivity contribution in [3.8, 4) is 5.69 Å². The van der Waals surface area contributed by atoms with Gasteiger partial charge in [-0.05, 0) is 49.7 Å². The van der Waals surface area contributed by atoms with E-state index in [1.807, 2.05) is 47.2 Å². The maximum atomic E-state index is 14.3. The van der Waals surface area contributed by atoms with Gasteiger partial charge >= 0.3 is 0 Å². The van der Waals surface area contributed by atoms with Crippen LogP contribution < -0.4 is 0 Å². The minimum Gasteiger partial charge on any atom is -0.392 e. The summed E-state index contributed by atoms with van der Waals surface area (Å²) in [4.78, 5) is 4.52. The molecule has 0 fully saturated rings. The highest BCUT2D eigenvalue weighted by molar-refractivity contribution is 6.30. The van der Waals surface area contributed by atoms with Crippen molar-refractivity contribution in [1.29, 1.82) is 0 Å². The number of benzene rings is 2. The summed E-state index contributed by atoms with van der Waals surface area (Å²) in [7, 11) is 0. The minimum absolute atomic E-state index is 0.166. The fraction of sp³-hybridized carbons (Fsp3) is 0.393. The lowest BCUT2D eigenvalue weighted by Crippen LogP contribution is -2.34. The predicted octanol–water partition coefficient (Wildman–Crippen LogP) is 5.37. The number of fused-ring (bicyclic) bond motifs is 1. The molecule has 0 aliphatic carbocycles. The van der Waals surface area contributed by atoms with Crippen molar-refractivity contribution in [3.63, 3.8) is 0 Å². The van der Waals surface area contributed by atoms with E-state index in [1.54, 1.807) is 6.07 Å². The number of hydrogen-bond donors (Lipinski definition) is 1. The van der Waals surface area contributed by atoms with Crippen molar-refractivity contribution >= 4 is 11.6 Å². The number of aliphatic hydroxyl groups excluding tert-OH is 1. The highest BCUT2D eigenvalue weighted by Crippen LogP contribution is 2.28. The maximum Gasteiger partial charge on any atom is 0.127 e. The summed E-state index contributed by atoms with van der Waals surface area (Å²) in [5.74, 6) is -0.166. The fourth-order valence-electron chi connectivity index (χ4n) is 4.68. The molecule has 0 saturated heterocycles. The topological polar surface area (TPSA) is 44.5 Å². The Labute approximate surface area is 212 Å². The molecule has 7 heteroatoms. The minimum atomic E-state index is -0.403. The van der Waals surface area contributed by atoms with Gasteiger partial charge in [-0.3, -0.25) is 9.80 Å². The summed E-state index contributed by atoms with van der Waals surface area (Å²) in [5, 5.41) is 16.2. The molecule has 35 heavy (non-hydrogen) atoms. The fourth-order valence-corrected chi connectivity index (χ4v) is 4.81. The molecule has 5 nitrogen and oxygen atoms in total. The molecule has 3 aromatic rings. The van der Waals surface area contributed by atoms with Crippen LogP contribution in [0.25, 0.3) is 5.69 Å². The Kier molecular flexibility index (Phi) is 8.74. The molecule has 1 atom stereocenters. The Bertz CT molecular complexity index is 1130.